The van der Waals surface area contributed by atoms with Crippen LogP contribution in [0.3, 0.4) is 0 Å². The van der Waals surface area contributed by atoms with Crippen LogP contribution in [0, 0.1) is 12.7 Å². The van der Waals surface area contributed by atoms with Gasteiger partial charge in [0.1, 0.15) is 22.9 Å². The molecule has 0 aliphatic heterocycles. The summed E-state index contributed by atoms with van der Waals surface area (Å²) in [5.74, 6) is -1.22. The number of carboxylic acid groups (broad SMARTS) is 1. The Bertz CT molecular complexity index is 641. The molecule has 0 saturated carbocycles. The van der Waals surface area contributed by atoms with Gasteiger partial charge in [0.15, 0.2) is 0 Å². The number of aromatic carboxylic acids is 1. The van der Waals surface area contributed by atoms with E-state index in [1.54, 1.807) is 13.0 Å². The second-order valence-electron chi connectivity index (χ2n) is 4.07. The molecule has 4 nitrogen and oxygen atoms in total. The number of aryl methyl sites for hydroxylation is 1. The van der Waals surface area contributed by atoms with Crippen LogP contribution >= 0.6 is 0 Å². The van der Waals surface area contributed by atoms with E-state index in [-0.39, 0.29) is 17.1 Å². The third-order valence-corrected chi connectivity index (χ3v) is 2.60. The Hall–Kier alpha value is -2.56. The lowest BCUT2D eigenvalue weighted by Crippen LogP contribution is -2.02. The smallest absolute Gasteiger partial charge is 0.339 e. The first kappa shape index (κ1) is 12.9. The summed E-state index contributed by atoms with van der Waals surface area (Å²) in [6, 6.07) is 8.34. The predicted molar refractivity (Wildman–Crippen MR) is 69.0 cm³/mol. The number of halogens is 1. The van der Waals surface area contributed by atoms with Crippen LogP contribution in [0.2, 0.25) is 0 Å². The van der Waals surface area contributed by atoms with Crippen LogP contribution in [-0.2, 0) is 0 Å². The fourth-order valence-electron chi connectivity index (χ4n) is 1.61. The highest BCUT2D eigenvalue weighted by atomic mass is 19.1. The molecule has 2 rings (SSSR count). The maximum absolute atomic E-state index is 13.2. The minimum Gasteiger partial charge on any atom is -0.478 e. The van der Waals surface area contributed by atoms with Crippen molar-refractivity contribution in [2.24, 2.45) is 0 Å². The number of nitrogens with two attached hydrogens (primary N) is 1. The van der Waals surface area contributed by atoms with E-state index in [1.807, 2.05) is 0 Å². The van der Waals surface area contributed by atoms with E-state index in [0.29, 0.717) is 11.3 Å². The number of anilines is 1. The number of carboxylic acids is 1. The number of hydrogen-bond donors (Lipinski definition) is 2. The molecule has 19 heavy (non-hydrogen) atoms. The van der Waals surface area contributed by atoms with Gasteiger partial charge >= 0.3 is 5.97 Å². The Balaban J connectivity index is 2.43. The molecule has 0 spiro atoms. The van der Waals surface area contributed by atoms with Crippen LogP contribution in [0.4, 0.5) is 10.1 Å². The minimum atomic E-state index is -1.16. The van der Waals surface area contributed by atoms with Gasteiger partial charge in [0.25, 0.3) is 0 Å². The van der Waals surface area contributed by atoms with Gasteiger partial charge in [-0.25, -0.2) is 9.18 Å². The first-order chi connectivity index (χ1) is 8.97. The second kappa shape index (κ2) is 4.97. The van der Waals surface area contributed by atoms with Gasteiger partial charge in [-0.3, -0.25) is 0 Å². The van der Waals surface area contributed by atoms with E-state index >= 15 is 0 Å². The lowest BCUT2D eigenvalue weighted by atomic mass is 10.1. The molecular formula is C14H12FNO3. The van der Waals surface area contributed by atoms with E-state index in [0.717, 1.165) is 0 Å². The molecule has 0 aliphatic rings. The van der Waals surface area contributed by atoms with E-state index in [9.17, 15) is 9.18 Å². The largest absolute Gasteiger partial charge is 0.478 e. The zero-order valence-corrected chi connectivity index (χ0v) is 10.2. The SMILES string of the molecule is Cc1ccc(F)cc1Oc1ccc(N)cc1C(=O)O. The van der Waals surface area contributed by atoms with Gasteiger partial charge in [-0.15, -0.1) is 0 Å². The van der Waals surface area contributed by atoms with Gasteiger partial charge in [0, 0.05) is 11.8 Å². The molecule has 0 fully saturated rings. The molecule has 0 bridgehead atoms. The third-order valence-electron chi connectivity index (χ3n) is 2.60. The predicted octanol–water partition coefficient (Wildman–Crippen LogP) is 3.21. The number of rotatable bonds is 3. The lowest BCUT2D eigenvalue weighted by molar-refractivity contribution is 0.0694. The van der Waals surface area contributed by atoms with E-state index in [2.05, 4.69) is 0 Å². The van der Waals surface area contributed by atoms with Crippen molar-refractivity contribution < 1.29 is 19.0 Å². The highest BCUT2D eigenvalue weighted by molar-refractivity contribution is 5.92. The average Bonchev–Trinajstić information content (AvgIpc) is 2.35. The number of benzene rings is 2. The summed E-state index contributed by atoms with van der Waals surface area (Å²) in [6.07, 6.45) is 0. The van der Waals surface area contributed by atoms with E-state index in [1.165, 1.54) is 30.3 Å². The number of hydrogen-bond acceptors (Lipinski definition) is 3. The van der Waals surface area contributed by atoms with Gasteiger partial charge in [-0.2, -0.15) is 0 Å². The zero-order valence-electron chi connectivity index (χ0n) is 10.2. The Labute approximate surface area is 109 Å². The molecule has 0 radical (unpaired) electrons. The van der Waals surface area contributed by atoms with Crippen LogP contribution in [0.15, 0.2) is 36.4 Å². The van der Waals surface area contributed by atoms with Gasteiger partial charge < -0.3 is 15.6 Å². The quantitative estimate of drug-likeness (QED) is 0.832. The molecule has 5 heteroatoms. The second-order valence-corrected chi connectivity index (χ2v) is 4.07. The molecule has 3 N–H and O–H groups in total. The van der Waals surface area contributed by atoms with Crippen molar-refractivity contribution in [2.45, 2.75) is 6.92 Å². The summed E-state index contributed by atoms with van der Waals surface area (Å²) < 4.78 is 18.6. The molecule has 0 atom stereocenters. The molecule has 98 valence electrons. The van der Waals surface area contributed by atoms with Gasteiger partial charge in [-0.1, -0.05) is 6.07 Å². The van der Waals surface area contributed by atoms with Crippen molar-refractivity contribution >= 4 is 11.7 Å². The average molecular weight is 261 g/mol. The van der Waals surface area contributed by atoms with Crippen molar-refractivity contribution in [3.8, 4) is 11.5 Å². The maximum Gasteiger partial charge on any atom is 0.339 e. The maximum atomic E-state index is 13.2. The number of carbonyl (C=O) groups is 1. The Kier molecular flexibility index (Phi) is 3.37. The van der Waals surface area contributed by atoms with Crippen LogP contribution in [0.25, 0.3) is 0 Å². The molecule has 2 aromatic carbocycles. The molecule has 0 saturated heterocycles. The van der Waals surface area contributed by atoms with Gasteiger partial charge in [0.2, 0.25) is 0 Å². The molecule has 0 aliphatic carbocycles. The summed E-state index contributed by atoms with van der Waals surface area (Å²) in [4.78, 5) is 11.1. The number of ether oxygens (including phenoxy) is 1. The third kappa shape index (κ3) is 2.82. The van der Waals surface area contributed by atoms with Crippen LogP contribution < -0.4 is 10.5 Å². The topological polar surface area (TPSA) is 72.5 Å². The van der Waals surface area contributed by atoms with Crippen LogP contribution in [0.1, 0.15) is 15.9 Å². The molecule has 0 aromatic heterocycles. The van der Waals surface area contributed by atoms with E-state index in [4.69, 9.17) is 15.6 Å². The van der Waals surface area contributed by atoms with Gasteiger partial charge in [0.05, 0.1) is 0 Å². The summed E-state index contributed by atoms with van der Waals surface area (Å²) >= 11 is 0. The molecule has 2 aromatic rings. The lowest BCUT2D eigenvalue weighted by Gasteiger charge is -2.11. The highest BCUT2D eigenvalue weighted by Crippen LogP contribution is 2.29. The van der Waals surface area contributed by atoms with Crippen LogP contribution in [-0.4, -0.2) is 11.1 Å². The fourth-order valence-corrected chi connectivity index (χ4v) is 1.61. The Morgan fingerprint density at radius 1 is 1.21 bits per heavy atom. The summed E-state index contributed by atoms with van der Waals surface area (Å²) in [6.45, 7) is 1.74. The molecular weight excluding hydrogens is 249 g/mol. The Morgan fingerprint density at radius 2 is 1.95 bits per heavy atom. The first-order valence-electron chi connectivity index (χ1n) is 5.54. The zero-order chi connectivity index (χ0) is 14.0. The van der Waals surface area contributed by atoms with Gasteiger partial charge in [-0.05, 0) is 36.8 Å². The summed E-state index contributed by atoms with van der Waals surface area (Å²) in [5, 5.41) is 9.08. The normalized spacial score (nSPS) is 10.2. The van der Waals surface area contributed by atoms with Crippen LogP contribution in [0.5, 0.6) is 11.5 Å². The van der Waals surface area contributed by atoms with E-state index < -0.39 is 11.8 Å². The molecule has 0 heterocycles. The molecule has 0 unspecified atom stereocenters. The first-order valence-corrected chi connectivity index (χ1v) is 5.54. The number of nitrogen functional groups attached to an aromatic ring is 1. The van der Waals surface area contributed by atoms with Crippen molar-refractivity contribution in [3.63, 3.8) is 0 Å². The summed E-state index contributed by atoms with van der Waals surface area (Å²) in [7, 11) is 0. The summed E-state index contributed by atoms with van der Waals surface area (Å²) in [5.41, 5.74) is 6.49. The highest BCUT2D eigenvalue weighted by Gasteiger charge is 2.13. The standard InChI is InChI=1S/C14H12FNO3/c1-8-2-3-9(15)6-13(8)19-12-5-4-10(16)7-11(12)14(17)18/h2-7H,16H2,1H3,(H,17,18). The Morgan fingerprint density at radius 3 is 2.63 bits per heavy atom. The fraction of sp³-hybridized carbons (Fsp3) is 0.0714. The van der Waals surface area contributed by atoms with Crippen molar-refractivity contribution in [1.29, 1.82) is 0 Å². The minimum absolute atomic E-state index is 0.0661. The van der Waals surface area contributed by atoms with Crippen molar-refractivity contribution in [1.82, 2.24) is 0 Å². The monoisotopic (exact) mass is 261 g/mol. The van der Waals surface area contributed by atoms with Crippen molar-refractivity contribution in [3.05, 3.63) is 53.3 Å². The van der Waals surface area contributed by atoms with Crippen molar-refractivity contribution in [2.75, 3.05) is 5.73 Å². The molecule has 0 amide bonds.